The number of alkyl halides is 3. The zero-order valence-electron chi connectivity index (χ0n) is 15.3. The first-order valence-electron chi connectivity index (χ1n) is 8.75. The smallest absolute Gasteiger partial charge is 0.384 e. The van der Waals surface area contributed by atoms with E-state index in [1.54, 1.807) is 12.1 Å². The average molecular weight is 440 g/mol. The van der Waals surface area contributed by atoms with Crippen molar-refractivity contribution < 1.29 is 31.2 Å². The summed E-state index contributed by atoms with van der Waals surface area (Å²) in [5, 5.41) is 0. The van der Waals surface area contributed by atoms with E-state index in [0.29, 0.717) is 18.4 Å². The lowest BCUT2D eigenvalue weighted by Gasteiger charge is -2.21. The molecule has 2 aliphatic rings. The van der Waals surface area contributed by atoms with Gasteiger partial charge in [-0.25, -0.2) is 23.1 Å². The van der Waals surface area contributed by atoms with E-state index in [1.165, 1.54) is 11.1 Å². The van der Waals surface area contributed by atoms with E-state index in [2.05, 4.69) is 4.98 Å². The van der Waals surface area contributed by atoms with Gasteiger partial charge in [0.05, 0.1) is 10.6 Å². The lowest BCUT2D eigenvalue weighted by Crippen LogP contribution is -2.36. The number of anilines is 2. The van der Waals surface area contributed by atoms with Crippen LogP contribution in [0.2, 0.25) is 0 Å². The van der Waals surface area contributed by atoms with Crippen molar-refractivity contribution in [2.75, 3.05) is 10.6 Å². The van der Waals surface area contributed by atoms with Crippen LogP contribution in [0, 0.1) is 0 Å². The topological polar surface area (TPSA) is 114 Å². The second kappa shape index (κ2) is 6.42. The van der Waals surface area contributed by atoms with Crippen LogP contribution >= 0.6 is 0 Å². The van der Waals surface area contributed by atoms with E-state index >= 15 is 0 Å². The number of carbonyl (C=O) groups is 2. The van der Waals surface area contributed by atoms with Crippen LogP contribution < -0.4 is 10.6 Å². The van der Waals surface area contributed by atoms with Gasteiger partial charge in [-0.15, -0.1) is 0 Å². The number of nitrogens with zero attached hydrogens (tertiary/aromatic N) is 3. The summed E-state index contributed by atoms with van der Waals surface area (Å²) in [6.45, 7) is 0.105. The molecule has 158 valence electrons. The lowest BCUT2D eigenvalue weighted by molar-refractivity contribution is -0.120. The number of carbonyl (C=O) groups excluding carboxylic acids is 2. The molecule has 12 heteroatoms. The Bertz CT molecular complexity index is 1140. The second-order valence-electron chi connectivity index (χ2n) is 7.07. The second-order valence-corrected chi connectivity index (χ2v) is 9.01. The predicted octanol–water partition coefficient (Wildman–Crippen LogP) is 2.46. The number of hydrogen-bond acceptors (Lipinski definition) is 6. The summed E-state index contributed by atoms with van der Waals surface area (Å²) in [6, 6.07) is 6.07. The maximum atomic E-state index is 13.0. The number of urea groups is 1. The van der Waals surface area contributed by atoms with Gasteiger partial charge in [0.1, 0.15) is 11.4 Å². The normalized spacial score (nSPS) is 18.4. The number of imide groups is 1. The highest BCUT2D eigenvalue weighted by atomic mass is 32.2. The molecule has 1 aliphatic carbocycles. The molecule has 1 saturated heterocycles. The van der Waals surface area contributed by atoms with Gasteiger partial charge in [-0.2, -0.15) is 13.2 Å². The molecule has 1 saturated carbocycles. The van der Waals surface area contributed by atoms with Gasteiger partial charge in [0.15, 0.2) is 0 Å². The molecule has 1 aromatic heterocycles. The number of sulfone groups is 1. The molecule has 1 spiro atoms. The minimum absolute atomic E-state index is 0.00542. The molecule has 3 amide bonds. The number of benzene rings is 1. The fourth-order valence-corrected chi connectivity index (χ4v) is 4.21. The predicted molar refractivity (Wildman–Crippen MR) is 98.7 cm³/mol. The third-order valence-electron chi connectivity index (χ3n) is 5.16. The summed E-state index contributed by atoms with van der Waals surface area (Å²) in [5.74, 6) is -0.241. The van der Waals surface area contributed by atoms with Crippen LogP contribution in [-0.2, 0) is 21.2 Å². The van der Waals surface area contributed by atoms with Crippen LogP contribution in [0.3, 0.4) is 0 Å². The van der Waals surface area contributed by atoms with Crippen LogP contribution in [-0.4, -0.2) is 41.3 Å². The zero-order chi connectivity index (χ0) is 21.9. The molecule has 0 bridgehead atoms. The Kier molecular flexibility index (Phi) is 4.31. The third-order valence-corrected chi connectivity index (χ3v) is 6.66. The Labute approximate surface area is 169 Å². The van der Waals surface area contributed by atoms with Gasteiger partial charge in [0.2, 0.25) is 0 Å². The summed E-state index contributed by atoms with van der Waals surface area (Å²) in [5.41, 5.74) is -0.138. The fraction of sp³-hybridized carbons (Fsp3) is 0.278. The Morgan fingerprint density at radius 2 is 1.73 bits per heavy atom. The van der Waals surface area contributed by atoms with Crippen molar-refractivity contribution in [2.45, 2.75) is 35.3 Å². The Hall–Kier alpha value is -3.15. The molecule has 0 unspecified atom stereocenters. The van der Waals surface area contributed by atoms with Gasteiger partial charge in [-0.3, -0.25) is 4.79 Å². The van der Waals surface area contributed by atoms with Crippen molar-refractivity contribution >= 4 is 33.3 Å². The van der Waals surface area contributed by atoms with Crippen molar-refractivity contribution in [2.24, 2.45) is 0 Å². The molecule has 0 atom stereocenters. The van der Waals surface area contributed by atoms with Crippen LogP contribution in [0.4, 0.5) is 29.5 Å². The monoisotopic (exact) mass is 440 g/mol. The molecule has 2 heterocycles. The van der Waals surface area contributed by atoms with E-state index in [-0.39, 0.29) is 18.1 Å². The van der Waals surface area contributed by atoms with Crippen molar-refractivity contribution in [3.05, 3.63) is 48.2 Å². The minimum Gasteiger partial charge on any atom is -0.384 e. The number of amides is 3. The fourth-order valence-electron chi connectivity index (χ4n) is 3.45. The zero-order valence-corrected chi connectivity index (χ0v) is 16.1. The van der Waals surface area contributed by atoms with Gasteiger partial charge in [-0.1, -0.05) is 0 Å². The first kappa shape index (κ1) is 20.1. The molecular formula is C18H15F3N4O4S. The van der Waals surface area contributed by atoms with Crippen molar-refractivity contribution in [3.63, 3.8) is 0 Å². The van der Waals surface area contributed by atoms with E-state index in [1.807, 2.05) is 0 Å². The maximum Gasteiger partial charge on any atom is 0.501 e. The van der Waals surface area contributed by atoms with Crippen LogP contribution in [0.5, 0.6) is 0 Å². The average Bonchev–Trinajstić information content (AvgIpc) is 3.44. The van der Waals surface area contributed by atoms with Crippen LogP contribution in [0.25, 0.3) is 0 Å². The quantitative estimate of drug-likeness (QED) is 0.731. The molecule has 2 aromatic rings. The highest BCUT2D eigenvalue weighted by molar-refractivity contribution is 7.92. The number of hydrogen-bond donors (Lipinski definition) is 1. The maximum absolute atomic E-state index is 13.0. The largest absolute Gasteiger partial charge is 0.501 e. The first-order chi connectivity index (χ1) is 14.0. The number of halogens is 3. The standard InChI is InChI=1S/C18H15F3N4O4S/c19-18(20,21)30(28,29)13-3-1-12(2-4-13)25-15(26)17(6-7-17)24(16(25)27)10-11-5-8-23-14(22)9-11/h1-5,8-9H,6-7,10H2,(H2,22,23). The molecule has 2 N–H and O–H groups in total. The van der Waals surface area contributed by atoms with Gasteiger partial charge >= 0.3 is 11.5 Å². The van der Waals surface area contributed by atoms with Crippen molar-refractivity contribution in [1.29, 1.82) is 0 Å². The van der Waals surface area contributed by atoms with E-state index in [9.17, 15) is 31.2 Å². The number of aromatic nitrogens is 1. The Morgan fingerprint density at radius 3 is 2.27 bits per heavy atom. The highest BCUT2D eigenvalue weighted by Crippen LogP contribution is 2.49. The summed E-state index contributed by atoms with van der Waals surface area (Å²) < 4.78 is 61.2. The summed E-state index contributed by atoms with van der Waals surface area (Å²) in [7, 11) is -5.53. The molecular weight excluding hydrogens is 425 g/mol. The summed E-state index contributed by atoms with van der Waals surface area (Å²) in [6.07, 6.45) is 2.38. The molecule has 4 rings (SSSR count). The minimum atomic E-state index is -5.53. The van der Waals surface area contributed by atoms with Crippen molar-refractivity contribution in [1.82, 2.24) is 9.88 Å². The van der Waals surface area contributed by atoms with Gasteiger partial charge < -0.3 is 10.6 Å². The molecule has 2 fully saturated rings. The molecule has 8 nitrogen and oxygen atoms in total. The Balaban J connectivity index is 1.64. The van der Waals surface area contributed by atoms with Crippen molar-refractivity contribution in [3.8, 4) is 0 Å². The third kappa shape index (κ3) is 2.98. The molecule has 0 radical (unpaired) electrons. The summed E-state index contributed by atoms with van der Waals surface area (Å²) >= 11 is 0. The van der Waals surface area contributed by atoms with E-state index < -0.39 is 37.7 Å². The number of rotatable bonds is 4. The first-order valence-corrected chi connectivity index (χ1v) is 10.2. The molecule has 1 aromatic carbocycles. The molecule has 30 heavy (non-hydrogen) atoms. The van der Waals surface area contributed by atoms with Crippen LogP contribution in [0.1, 0.15) is 18.4 Å². The number of nitrogen functional groups attached to an aromatic ring is 1. The SMILES string of the molecule is Nc1cc(CN2C(=O)N(c3ccc(S(=O)(=O)C(F)(F)F)cc3)C(=O)C23CC3)ccn1. The lowest BCUT2D eigenvalue weighted by atomic mass is 10.2. The van der Waals surface area contributed by atoms with E-state index in [0.717, 1.165) is 29.2 Å². The summed E-state index contributed by atoms with van der Waals surface area (Å²) in [4.78, 5) is 31.1. The van der Waals surface area contributed by atoms with Crippen LogP contribution in [0.15, 0.2) is 47.5 Å². The molecule has 1 aliphatic heterocycles. The number of pyridine rings is 1. The Morgan fingerprint density at radius 1 is 1.10 bits per heavy atom. The highest BCUT2D eigenvalue weighted by Gasteiger charge is 2.65. The van der Waals surface area contributed by atoms with E-state index in [4.69, 9.17) is 5.73 Å². The number of nitrogens with two attached hydrogens (primary N) is 1. The van der Waals surface area contributed by atoms with Gasteiger partial charge in [0, 0.05) is 12.7 Å². The van der Waals surface area contributed by atoms with Gasteiger partial charge in [-0.05, 0) is 54.8 Å². The van der Waals surface area contributed by atoms with Gasteiger partial charge in [0.25, 0.3) is 15.7 Å².